The molecule has 1 N–H and O–H groups in total. The van der Waals surface area contributed by atoms with Crippen LogP contribution in [-0.2, 0) is 4.79 Å². The van der Waals surface area contributed by atoms with Crippen molar-refractivity contribution in [3.8, 4) is 0 Å². The van der Waals surface area contributed by atoms with Crippen LogP contribution in [0.3, 0.4) is 0 Å². The van der Waals surface area contributed by atoms with Gasteiger partial charge in [-0.3, -0.25) is 4.79 Å². The van der Waals surface area contributed by atoms with E-state index in [0.29, 0.717) is 6.54 Å². The third kappa shape index (κ3) is 4.45. The summed E-state index contributed by atoms with van der Waals surface area (Å²) >= 11 is 0. The van der Waals surface area contributed by atoms with Gasteiger partial charge in [0.1, 0.15) is 0 Å². The number of amides is 1. The van der Waals surface area contributed by atoms with Crippen LogP contribution in [0.15, 0.2) is 30.3 Å². The summed E-state index contributed by atoms with van der Waals surface area (Å²) in [6.45, 7) is 4.33. The Morgan fingerprint density at radius 3 is 2.80 bits per heavy atom. The number of carbonyl (C=O) groups is 1. The number of benzene rings is 1. The first-order chi connectivity index (χ1) is 7.20. The normalized spacial score (nSPS) is 10.5. The number of aryl methyl sites for hydroxylation is 1. The van der Waals surface area contributed by atoms with E-state index in [2.05, 4.69) is 36.5 Å². The minimum Gasteiger partial charge on any atom is -0.356 e. The summed E-state index contributed by atoms with van der Waals surface area (Å²) in [6, 6.07) is 8.24. The highest BCUT2D eigenvalue weighted by Gasteiger charge is 1.91. The average Bonchev–Trinajstić information content (AvgIpc) is 2.20. The average molecular weight is 203 g/mol. The summed E-state index contributed by atoms with van der Waals surface area (Å²) < 4.78 is 0. The number of carbonyl (C=O) groups excluding carboxylic acids is 1. The Kier molecular flexibility index (Phi) is 4.61. The Labute approximate surface area is 91.0 Å². The maximum absolute atomic E-state index is 10.6. The van der Waals surface area contributed by atoms with Crippen LogP contribution in [0.2, 0.25) is 0 Å². The highest BCUT2D eigenvalue weighted by atomic mass is 16.1. The summed E-state index contributed by atoms with van der Waals surface area (Å²) in [6.07, 6.45) is 5.04. The second-order valence-electron chi connectivity index (χ2n) is 3.53. The molecule has 0 aliphatic rings. The predicted octanol–water partition coefficient (Wildman–Crippen LogP) is 2.53. The lowest BCUT2D eigenvalue weighted by Crippen LogP contribution is -2.20. The molecule has 0 saturated carbocycles. The summed E-state index contributed by atoms with van der Waals surface area (Å²) in [7, 11) is 0. The van der Waals surface area contributed by atoms with Crippen LogP contribution in [-0.4, -0.2) is 12.5 Å². The van der Waals surface area contributed by atoms with Crippen molar-refractivity contribution in [1.82, 2.24) is 5.32 Å². The molecule has 1 aromatic carbocycles. The molecule has 0 aromatic heterocycles. The molecule has 0 aliphatic carbocycles. The van der Waals surface area contributed by atoms with Crippen molar-refractivity contribution in [3.05, 3.63) is 41.5 Å². The van der Waals surface area contributed by atoms with Gasteiger partial charge in [-0.05, 0) is 24.5 Å². The molecular formula is C13H17NO. The van der Waals surface area contributed by atoms with Crippen LogP contribution < -0.4 is 5.32 Å². The van der Waals surface area contributed by atoms with E-state index in [-0.39, 0.29) is 5.91 Å². The van der Waals surface area contributed by atoms with Gasteiger partial charge in [0.15, 0.2) is 0 Å². The monoisotopic (exact) mass is 203 g/mol. The molecule has 0 bridgehead atoms. The highest BCUT2D eigenvalue weighted by Crippen LogP contribution is 2.08. The molecule has 0 aliphatic heterocycles. The molecular weight excluding hydrogens is 186 g/mol. The van der Waals surface area contributed by atoms with Gasteiger partial charge >= 0.3 is 0 Å². The van der Waals surface area contributed by atoms with E-state index in [9.17, 15) is 4.79 Å². The van der Waals surface area contributed by atoms with Crippen molar-refractivity contribution in [2.75, 3.05) is 6.54 Å². The first-order valence-electron chi connectivity index (χ1n) is 5.17. The molecule has 0 saturated heterocycles. The van der Waals surface area contributed by atoms with E-state index < -0.39 is 0 Å². The molecule has 1 amide bonds. The Balaban J connectivity index is 2.38. The number of nitrogens with one attached hydrogen (secondary N) is 1. The van der Waals surface area contributed by atoms with Gasteiger partial charge in [0.25, 0.3) is 0 Å². The van der Waals surface area contributed by atoms with Crippen molar-refractivity contribution in [2.24, 2.45) is 0 Å². The van der Waals surface area contributed by atoms with Crippen LogP contribution >= 0.6 is 0 Å². The van der Waals surface area contributed by atoms with Crippen LogP contribution in [0.25, 0.3) is 6.08 Å². The fourth-order valence-electron chi connectivity index (χ4n) is 1.32. The summed E-state index contributed by atoms with van der Waals surface area (Å²) in [5.74, 6) is 0.0271. The Morgan fingerprint density at radius 1 is 1.40 bits per heavy atom. The lowest BCUT2D eigenvalue weighted by molar-refractivity contribution is -0.118. The zero-order chi connectivity index (χ0) is 11.1. The number of rotatable bonds is 4. The fraction of sp³-hybridized carbons (Fsp3) is 0.308. The van der Waals surface area contributed by atoms with Crippen molar-refractivity contribution >= 4 is 12.0 Å². The van der Waals surface area contributed by atoms with E-state index in [1.165, 1.54) is 18.1 Å². The molecule has 1 aromatic rings. The van der Waals surface area contributed by atoms with Crippen LogP contribution in [0.5, 0.6) is 0 Å². The largest absolute Gasteiger partial charge is 0.356 e. The molecule has 0 atom stereocenters. The van der Waals surface area contributed by atoms with E-state index in [1.807, 2.05) is 12.1 Å². The van der Waals surface area contributed by atoms with Crippen molar-refractivity contribution in [2.45, 2.75) is 20.3 Å². The third-order valence-corrected chi connectivity index (χ3v) is 2.17. The summed E-state index contributed by atoms with van der Waals surface area (Å²) in [5.41, 5.74) is 2.51. The molecule has 0 radical (unpaired) electrons. The van der Waals surface area contributed by atoms with Gasteiger partial charge in [-0.15, -0.1) is 0 Å². The predicted molar refractivity (Wildman–Crippen MR) is 63.5 cm³/mol. The van der Waals surface area contributed by atoms with Gasteiger partial charge in [0.2, 0.25) is 5.91 Å². The number of hydrogen-bond acceptors (Lipinski definition) is 1. The Morgan fingerprint density at radius 2 is 2.13 bits per heavy atom. The minimum atomic E-state index is 0.0271. The molecule has 2 heteroatoms. The van der Waals surface area contributed by atoms with Crippen LogP contribution in [0.1, 0.15) is 24.5 Å². The maximum atomic E-state index is 10.6. The lowest BCUT2D eigenvalue weighted by atomic mass is 10.1. The van der Waals surface area contributed by atoms with Gasteiger partial charge in [0, 0.05) is 13.5 Å². The molecule has 15 heavy (non-hydrogen) atoms. The fourth-order valence-corrected chi connectivity index (χ4v) is 1.32. The van der Waals surface area contributed by atoms with E-state index in [1.54, 1.807) is 0 Å². The van der Waals surface area contributed by atoms with E-state index in [0.717, 1.165) is 6.42 Å². The Hall–Kier alpha value is -1.57. The molecule has 2 nitrogen and oxygen atoms in total. The number of hydrogen-bond donors (Lipinski definition) is 1. The van der Waals surface area contributed by atoms with Crippen molar-refractivity contribution < 1.29 is 4.79 Å². The first kappa shape index (κ1) is 11.5. The van der Waals surface area contributed by atoms with Gasteiger partial charge < -0.3 is 5.32 Å². The smallest absolute Gasteiger partial charge is 0.216 e. The van der Waals surface area contributed by atoms with Crippen molar-refractivity contribution in [3.63, 3.8) is 0 Å². The molecule has 80 valence electrons. The summed E-state index contributed by atoms with van der Waals surface area (Å²) in [5, 5.41) is 2.76. The standard InChI is InChI=1S/C13H17NO/c1-11-7-3-4-8-13(11)9-5-6-10-14-12(2)15/h3-5,7-9H,6,10H2,1-2H3,(H,14,15). The maximum Gasteiger partial charge on any atom is 0.216 e. The first-order valence-corrected chi connectivity index (χ1v) is 5.17. The molecule has 0 unspecified atom stereocenters. The molecule has 1 rings (SSSR count). The second kappa shape index (κ2) is 6.02. The quantitative estimate of drug-likeness (QED) is 0.748. The Bertz CT molecular complexity index is 355. The highest BCUT2D eigenvalue weighted by molar-refractivity contribution is 5.72. The van der Waals surface area contributed by atoms with Gasteiger partial charge in [-0.25, -0.2) is 0 Å². The van der Waals surface area contributed by atoms with Gasteiger partial charge in [-0.2, -0.15) is 0 Å². The SMILES string of the molecule is CC(=O)NCCC=Cc1ccccc1C. The van der Waals surface area contributed by atoms with Crippen LogP contribution in [0, 0.1) is 6.92 Å². The zero-order valence-corrected chi connectivity index (χ0v) is 9.29. The van der Waals surface area contributed by atoms with E-state index >= 15 is 0 Å². The molecule has 0 spiro atoms. The summed E-state index contributed by atoms with van der Waals surface area (Å²) in [4.78, 5) is 10.6. The third-order valence-electron chi connectivity index (χ3n) is 2.17. The second-order valence-corrected chi connectivity index (χ2v) is 3.53. The minimum absolute atomic E-state index is 0.0271. The van der Waals surface area contributed by atoms with Gasteiger partial charge in [-0.1, -0.05) is 36.4 Å². The topological polar surface area (TPSA) is 29.1 Å². The zero-order valence-electron chi connectivity index (χ0n) is 9.29. The lowest BCUT2D eigenvalue weighted by Gasteiger charge is -1.99. The molecule has 0 fully saturated rings. The van der Waals surface area contributed by atoms with Gasteiger partial charge in [0.05, 0.1) is 0 Å². The molecule has 0 heterocycles. The van der Waals surface area contributed by atoms with E-state index in [4.69, 9.17) is 0 Å². The van der Waals surface area contributed by atoms with Crippen LogP contribution in [0.4, 0.5) is 0 Å². The van der Waals surface area contributed by atoms with Crippen molar-refractivity contribution in [1.29, 1.82) is 0 Å².